The van der Waals surface area contributed by atoms with Crippen LogP contribution < -0.4 is 10.1 Å². The van der Waals surface area contributed by atoms with Crippen LogP contribution in [-0.4, -0.2) is 31.3 Å². The van der Waals surface area contributed by atoms with Gasteiger partial charge in [0.1, 0.15) is 11.9 Å². The average Bonchev–Trinajstić information content (AvgIpc) is 2.77. The molecule has 2 unspecified atom stereocenters. The van der Waals surface area contributed by atoms with E-state index in [1.807, 2.05) is 12.1 Å². The Morgan fingerprint density at radius 3 is 2.68 bits per heavy atom. The van der Waals surface area contributed by atoms with Crippen molar-refractivity contribution in [1.29, 1.82) is 0 Å². The SMILES string of the molecule is COC(=O)c1cccc(OC2CC3CCC(C2)N3)c1. The Labute approximate surface area is 113 Å². The van der Waals surface area contributed by atoms with Gasteiger partial charge in [0.15, 0.2) is 0 Å². The van der Waals surface area contributed by atoms with Crippen molar-refractivity contribution in [3.63, 3.8) is 0 Å². The summed E-state index contributed by atoms with van der Waals surface area (Å²) in [6.07, 6.45) is 4.88. The van der Waals surface area contributed by atoms with E-state index in [0.29, 0.717) is 17.6 Å². The van der Waals surface area contributed by atoms with Crippen LogP contribution in [0, 0.1) is 0 Å². The zero-order valence-corrected chi connectivity index (χ0v) is 11.1. The number of benzene rings is 1. The van der Waals surface area contributed by atoms with Crippen LogP contribution in [-0.2, 0) is 4.74 Å². The maximum absolute atomic E-state index is 11.5. The van der Waals surface area contributed by atoms with Gasteiger partial charge < -0.3 is 14.8 Å². The van der Waals surface area contributed by atoms with Crippen LogP contribution in [0.2, 0.25) is 0 Å². The minimum absolute atomic E-state index is 0.256. The van der Waals surface area contributed by atoms with E-state index in [1.54, 1.807) is 12.1 Å². The quantitative estimate of drug-likeness (QED) is 0.847. The number of nitrogens with one attached hydrogen (secondary N) is 1. The maximum atomic E-state index is 11.5. The van der Waals surface area contributed by atoms with Gasteiger partial charge in [-0.1, -0.05) is 6.07 Å². The summed E-state index contributed by atoms with van der Waals surface area (Å²) in [6.45, 7) is 0. The Bertz CT molecular complexity index is 462. The number of hydrogen-bond donors (Lipinski definition) is 1. The molecule has 0 amide bonds. The van der Waals surface area contributed by atoms with E-state index >= 15 is 0 Å². The summed E-state index contributed by atoms with van der Waals surface area (Å²) in [4.78, 5) is 11.5. The molecule has 2 bridgehead atoms. The summed E-state index contributed by atoms with van der Waals surface area (Å²) < 4.78 is 10.7. The molecule has 1 N–H and O–H groups in total. The van der Waals surface area contributed by atoms with Crippen molar-refractivity contribution in [1.82, 2.24) is 5.32 Å². The summed E-state index contributed by atoms with van der Waals surface area (Å²) in [5.41, 5.74) is 0.539. The number of ether oxygens (including phenoxy) is 2. The zero-order chi connectivity index (χ0) is 13.2. The molecule has 2 aliphatic rings. The van der Waals surface area contributed by atoms with E-state index in [0.717, 1.165) is 18.6 Å². The van der Waals surface area contributed by atoms with Gasteiger partial charge in [0.25, 0.3) is 0 Å². The van der Waals surface area contributed by atoms with Gasteiger partial charge in [-0.3, -0.25) is 0 Å². The number of hydrogen-bond acceptors (Lipinski definition) is 4. The molecule has 0 aliphatic carbocycles. The van der Waals surface area contributed by atoms with Crippen LogP contribution in [0.3, 0.4) is 0 Å². The number of rotatable bonds is 3. The first-order chi connectivity index (χ1) is 9.24. The Morgan fingerprint density at radius 1 is 1.26 bits per heavy atom. The van der Waals surface area contributed by atoms with Gasteiger partial charge in [-0.05, 0) is 43.9 Å². The minimum Gasteiger partial charge on any atom is -0.490 e. The smallest absolute Gasteiger partial charge is 0.337 e. The summed E-state index contributed by atoms with van der Waals surface area (Å²) in [5.74, 6) is 0.435. The predicted molar refractivity (Wildman–Crippen MR) is 71.4 cm³/mol. The normalized spacial score (nSPS) is 29.0. The highest BCUT2D eigenvalue weighted by atomic mass is 16.5. The maximum Gasteiger partial charge on any atom is 0.337 e. The van der Waals surface area contributed by atoms with Crippen LogP contribution in [0.5, 0.6) is 5.75 Å². The Balaban J connectivity index is 1.68. The molecule has 2 aliphatic heterocycles. The molecule has 19 heavy (non-hydrogen) atoms. The number of esters is 1. The first kappa shape index (κ1) is 12.5. The highest BCUT2D eigenvalue weighted by Gasteiger charge is 2.34. The predicted octanol–water partition coefficient (Wildman–Crippen LogP) is 2.13. The third kappa shape index (κ3) is 2.73. The molecule has 4 nitrogen and oxygen atoms in total. The van der Waals surface area contributed by atoms with Crippen molar-refractivity contribution in [3.8, 4) is 5.75 Å². The lowest BCUT2D eigenvalue weighted by molar-refractivity contribution is 0.0599. The van der Waals surface area contributed by atoms with Gasteiger partial charge in [-0.15, -0.1) is 0 Å². The molecule has 2 heterocycles. The number of carbonyl (C=O) groups is 1. The zero-order valence-electron chi connectivity index (χ0n) is 11.1. The van der Waals surface area contributed by atoms with Crippen LogP contribution in [0.1, 0.15) is 36.0 Å². The van der Waals surface area contributed by atoms with Crippen molar-refractivity contribution < 1.29 is 14.3 Å². The summed E-state index contributed by atoms with van der Waals surface area (Å²) in [6, 6.07) is 8.44. The van der Waals surface area contributed by atoms with Crippen molar-refractivity contribution in [2.75, 3.05) is 7.11 Å². The van der Waals surface area contributed by atoms with Crippen molar-refractivity contribution in [3.05, 3.63) is 29.8 Å². The summed E-state index contributed by atoms with van der Waals surface area (Å²) in [7, 11) is 1.39. The van der Waals surface area contributed by atoms with E-state index in [2.05, 4.69) is 5.32 Å². The first-order valence-corrected chi connectivity index (χ1v) is 6.85. The fourth-order valence-corrected chi connectivity index (χ4v) is 3.11. The second kappa shape index (κ2) is 5.21. The number of piperidine rings is 1. The highest BCUT2D eigenvalue weighted by molar-refractivity contribution is 5.89. The molecule has 3 rings (SSSR count). The van der Waals surface area contributed by atoms with Crippen LogP contribution in [0.15, 0.2) is 24.3 Å². The van der Waals surface area contributed by atoms with Gasteiger partial charge in [0, 0.05) is 12.1 Å². The third-order valence-corrected chi connectivity index (χ3v) is 3.99. The highest BCUT2D eigenvalue weighted by Crippen LogP contribution is 2.29. The standard InChI is InChI=1S/C15H19NO3/c1-18-15(17)10-3-2-4-13(7-10)19-14-8-11-5-6-12(9-14)16-11/h2-4,7,11-12,14,16H,5-6,8-9H2,1H3. The number of methoxy groups -OCH3 is 1. The number of fused-ring (bicyclic) bond motifs is 2. The molecule has 4 heteroatoms. The second-order valence-corrected chi connectivity index (χ2v) is 5.37. The largest absolute Gasteiger partial charge is 0.490 e. The molecule has 0 radical (unpaired) electrons. The van der Waals surface area contributed by atoms with Gasteiger partial charge in [-0.25, -0.2) is 4.79 Å². The fourth-order valence-electron chi connectivity index (χ4n) is 3.11. The minimum atomic E-state index is -0.323. The average molecular weight is 261 g/mol. The van der Waals surface area contributed by atoms with E-state index in [4.69, 9.17) is 9.47 Å². The van der Waals surface area contributed by atoms with Crippen LogP contribution in [0.25, 0.3) is 0 Å². The third-order valence-electron chi connectivity index (χ3n) is 3.99. The lowest BCUT2D eigenvalue weighted by atomic mass is 10.0. The topological polar surface area (TPSA) is 47.6 Å². The van der Waals surface area contributed by atoms with Gasteiger partial charge in [0.05, 0.1) is 12.7 Å². The fraction of sp³-hybridized carbons (Fsp3) is 0.533. The Hall–Kier alpha value is -1.55. The molecule has 1 aromatic rings. The lowest BCUT2D eigenvalue weighted by Gasteiger charge is -2.29. The lowest BCUT2D eigenvalue weighted by Crippen LogP contribution is -2.42. The van der Waals surface area contributed by atoms with E-state index < -0.39 is 0 Å². The van der Waals surface area contributed by atoms with E-state index in [9.17, 15) is 4.79 Å². The molecule has 0 aromatic heterocycles. The van der Waals surface area contributed by atoms with Crippen LogP contribution in [0.4, 0.5) is 0 Å². The van der Waals surface area contributed by atoms with Crippen molar-refractivity contribution in [2.24, 2.45) is 0 Å². The molecule has 0 spiro atoms. The molecule has 102 valence electrons. The second-order valence-electron chi connectivity index (χ2n) is 5.37. The molecule has 2 atom stereocenters. The van der Waals surface area contributed by atoms with Crippen molar-refractivity contribution >= 4 is 5.97 Å². The molecule has 1 aromatic carbocycles. The molecular weight excluding hydrogens is 242 g/mol. The summed E-state index contributed by atoms with van der Waals surface area (Å²) in [5, 5.41) is 3.59. The molecule has 0 saturated carbocycles. The Morgan fingerprint density at radius 2 is 2.00 bits per heavy atom. The monoisotopic (exact) mass is 261 g/mol. The molecule has 2 fully saturated rings. The van der Waals surface area contributed by atoms with Gasteiger partial charge in [0.2, 0.25) is 0 Å². The molecule has 2 saturated heterocycles. The van der Waals surface area contributed by atoms with Crippen molar-refractivity contribution in [2.45, 2.75) is 43.9 Å². The molecular formula is C15H19NO3. The van der Waals surface area contributed by atoms with E-state index in [-0.39, 0.29) is 12.1 Å². The van der Waals surface area contributed by atoms with Gasteiger partial charge >= 0.3 is 5.97 Å². The van der Waals surface area contributed by atoms with Crippen LogP contribution >= 0.6 is 0 Å². The van der Waals surface area contributed by atoms with E-state index in [1.165, 1.54) is 20.0 Å². The Kier molecular flexibility index (Phi) is 3.42. The first-order valence-electron chi connectivity index (χ1n) is 6.85. The summed E-state index contributed by atoms with van der Waals surface area (Å²) >= 11 is 0. The number of carbonyl (C=O) groups excluding carboxylic acids is 1. The van der Waals surface area contributed by atoms with Gasteiger partial charge in [-0.2, -0.15) is 0 Å².